The summed E-state index contributed by atoms with van der Waals surface area (Å²) < 4.78 is 39.4. The van der Waals surface area contributed by atoms with E-state index in [1.165, 1.54) is 70.6 Å². The average Bonchev–Trinajstić information content (AvgIpc) is 3.32. The first-order valence-corrected chi connectivity index (χ1v) is 29.0. The highest BCUT2D eigenvalue weighted by Crippen LogP contribution is 2.43. The number of ether oxygens (including phenoxy) is 3. The Hall–Kier alpha value is -2.56. The number of phosphoric acid groups is 1. The minimum absolute atomic E-state index is 0.156. The van der Waals surface area contributed by atoms with Crippen molar-refractivity contribution in [3.8, 4) is 0 Å². The van der Waals surface area contributed by atoms with Crippen LogP contribution in [0, 0.1) is 0 Å². The van der Waals surface area contributed by atoms with E-state index in [0.29, 0.717) is 19.3 Å². The van der Waals surface area contributed by atoms with E-state index in [-0.39, 0.29) is 25.9 Å². The number of unbranched alkanes of at least 4 members (excludes halogenated alkanes) is 26. The first kappa shape index (κ1) is 65.4. The predicted molar refractivity (Wildman–Crippen MR) is 279 cm³/mol. The van der Waals surface area contributed by atoms with Gasteiger partial charge in [-0.1, -0.05) is 185 Å². The summed E-state index contributed by atoms with van der Waals surface area (Å²) in [6, 6.07) is 0. The number of hydrogen-bond donors (Lipinski definition) is 2. The molecule has 0 amide bonds. The summed E-state index contributed by atoms with van der Waals surface area (Å²) in [5.74, 6) is -1.49. The summed E-state index contributed by atoms with van der Waals surface area (Å²) in [7, 11) is -4.75. The lowest BCUT2D eigenvalue weighted by Gasteiger charge is -2.21. The molecule has 0 aromatic rings. The van der Waals surface area contributed by atoms with Gasteiger partial charge in [0.25, 0.3) is 0 Å². The molecule has 0 bridgehead atoms. The number of phosphoric ester groups is 1. The Labute approximate surface area is 415 Å². The van der Waals surface area contributed by atoms with Gasteiger partial charge in [-0.3, -0.25) is 23.4 Å². The summed E-state index contributed by atoms with van der Waals surface area (Å²) in [5.41, 5.74) is 0. The third kappa shape index (κ3) is 48.5. The summed E-state index contributed by atoms with van der Waals surface area (Å²) in [5, 5.41) is 9.78. The zero-order chi connectivity index (χ0) is 49.9. The van der Waals surface area contributed by atoms with Crippen molar-refractivity contribution in [3.63, 3.8) is 0 Å². The van der Waals surface area contributed by atoms with Crippen LogP contribution >= 0.6 is 7.82 Å². The van der Waals surface area contributed by atoms with Crippen LogP contribution in [0.1, 0.15) is 252 Å². The Morgan fingerprint density at radius 3 is 1.18 bits per heavy atom. The number of aliphatic hydroxyl groups excluding tert-OH is 1. The van der Waals surface area contributed by atoms with Crippen molar-refractivity contribution in [2.75, 3.05) is 26.4 Å². The highest BCUT2D eigenvalue weighted by molar-refractivity contribution is 7.47. The molecule has 11 nitrogen and oxygen atoms in total. The molecule has 0 rings (SSSR count). The smallest absolute Gasteiger partial charge is 0.462 e. The highest BCUT2D eigenvalue weighted by Gasteiger charge is 2.28. The second-order valence-electron chi connectivity index (χ2n) is 18.4. The molecule has 68 heavy (non-hydrogen) atoms. The van der Waals surface area contributed by atoms with Gasteiger partial charge in [0, 0.05) is 19.3 Å². The molecule has 0 aliphatic rings. The monoisotopic (exact) mass is 981 g/mol. The second kappa shape index (κ2) is 50.8. The van der Waals surface area contributed by atoms with E-state index in [9.17, 15) is 28.9 Å². The van der Waals surface area contributed by atoms with Crippen LogP contribution in [0.15, 0.2) is 48.6 Å². The van der Waals surface area contributed by atoms with Crippen LogP contribution in [-0.4, -0.2) is 66.5 Å². The van der Waals surface area contributed by atoms with Crippen molar-refractivity contribution in [3.05, 3.63) is 48.6 Å². The second-order valence-corrected chi connectivity index (χ2v) is 19.8. The molecule has 0 heterocycles. The Balaban J connectivity index is 4.75. The van der Waals surface area contributed by atoms with Crippen molar-refractivity contribution < 1.29 is 52.2 Å². The number of rotatable bonds is 51. The van der Waals surface area contributed by atoms with Crippen molar-refractivity contribution in [2.24, 2.45) is 0 Å². The zero-order valence-corrected chi connectivity index (χ0v) is 44.5. The van der Waals surface area contributed by atoms with E-state index in [2.05, 4.69) is 69.4 Å². The lowest BCUT2D eigenvalue weighted by molar-refractivity contribution is -0.161. The van der Waals surface area contributed by atoms with Crippen molar-refractivity contribution >= 4 is 25.7 Å². The summed E-state index contributed by atoms with van der Waals surface area (Å²) in [4.78, 5) is 48.4. The Bertz CT molecular complexity index is 1330. The fourth-order valence-electron chi connectivity index (χ4n) is 7.44. The fraction of sp³-hybridized carbons (Fsp3) is 0.804. The normalized spacial score (nSPS) is 13.8. The summed E-state index contributed by atoms with van der Waals surface area (Å²) in [6.45, 7) is 4.53. The summed E-state index contributed by atoms with van der Waals surface area (Å²) in [6.07, 6.45) is 52.1. The van der Waals surface area contributed by atoms with E-state index in [1.807, 2.05) is 0 Å². The van der Waals surface area contributed by atoms with Crippen LogP contribution in [0.4, 0.5) is 0 Å². The molecule has 3 atom stereocenters. The van der Waals surface area contributed by atoms with E-state index in [1.54, 1.807) is 0 Å². The SMILES string of the molecule is CCC/C=C\C/C=C\CCCCCCCC(=O)OC(CO)COP(=O)(O)OCC(COC(=O)CCCCCCC/C=C\CCCCCC)OC(=O)CCCCCCC/C=C\CCCCCCCC. The molecular weight excluding hydrogens is 880 g/mol. The van der Waals surface area contributed by atoms with Crippen LogP contribution in [0.2, 0.25) is 0 Å². The van der Waals surface area contributed by atoms with Crippen LogP contribution in [0.25, 0.3) is 0 Å². The zero-order valence-electron chi connectivity index (χ0n) is 43.6. The van der Waals surface area contributed by atoms with Gasteiger partial charge < -0.3 is 24.2 Å². The first-order chi connectivity index (χ1) is 33.2. The van der Waals surface area contributed by atoms with Gasteiger partial charge in [-0.25, -0.2) is 4.57 Å². The van der Waals surface area contributed by atoms with Gasteiger partial charge in [0.05, 0.1) is 19.8 Å². The molecule has 0 aliphatic heterocycles. The predicted octanol–water partition coefficient (Wildman–Crippen LogP) is 15.8. The molecule has 2 N–H and O–H groups in total. The van der Waals surface area contributed by atoms with E-state index < -0.39 is 57.8 Å². The lowest BCUT2D eigenvalue weighted by atomic mass is 10.1. The molecule has 396 valence electrons. The maximum Gasteiger partial charge on any atom is 0.472 e. The van der Waals surface area contributed by atoms with Gasteiger partial charge >= 0.3 is 25.7 Å². The summed E-state index contributed by atoms with van der Waals surface area (Å²) >= 11 is 0. The fourth-order valence-corrected chi connectivity index (χ4v) is 8.23. The third-order valence-corrected chi connectivity index (χ3v) is 12.6. The van der Waals surface area contributed by atoms with Crippen LogP contribution in [0.3, 0.4) is 0 Å². The maximum atomic E-state index is 12.9. The first-order valence-electron chi connectivity index (χ1n) is 27.5. The van der Waals surface area contributed by atoms with Crippen molar-refractivity contribution in [2.45, 2.75) is 264 Å². The largest absolute Gasteiger partial charge is 0.472 e. The van der Waals surface area contributed by atoms with Gasteiger partial charge in [-0.05, 0) is 96.3 Å². The van der Waals surface area contributed by atoms with Gasteiger partial charge in [-0.2, -0.15) is 0 Å². The van der Waals surface area contributed by atoms with Crippen LogP contribution in [0.5, 0.6) is 0 Å². The topological polar surface area (TPSA) is 155 Å². The van der Waals surface area contributed by atoms with E-state index in [0.717, 1.165) is 122 Å². The van der Waals surface area contributed by atoms with Crippen molar-refractivity contribution in [1.82, 2.24) is 0 Å². The number of hydrogen-bond acceptors (Lipinski definition) is 10. The van der Waals surface area contributed by atoms with Gasteiger partial charge in [0.15, 0.2) is 6.10 Å². The van der Waals surface area contributed by atoms with Gasteiger partial charge in [-0.15, -0.1) is 0 Å². The Kier molecular flexibility index (Phi) is 48.9. The number of aliphatic hydroxyl groups is 1. The van der Waals surface area contributed by atoms with E-state index in [4.69, 9.17) is 23.3 Å². The number of allylic oxidation sites excluding steroid dienone is 8. The quantitative estimate of drug-likeness (QED) is 0.0197. The average molecular weight is 981 g/mol. The lowest BCUT2D eigenvalue weighted by Crippen LogP contribution is -2.30. The number of carbonyl (C=O) groups is 3. The molecule has 0 radical (unpaired) electrons. The standard InChI is InChI=1S/C56H101O11P/c1-4-7-10-13-16-19-22-25-26-29-32-35-38-41-44-47-56(60)67-53(49-63-54(58)45-42-39-36-33-30-27-23-20-17-14-11-8-5-2)51-65-68(61,62)64-50-52(48-57)66-55(59)46-43-40-37-34-31-28-24-21-18-15-12-9-6-3/h12,15,20-21,23-26,52-53,57H,4-11,13-14,16-19,22,27-51H2,1-3H3,(H,61,62)/b15-12-,23-20-,24-21-,26-25-. The third-order valence-electron chi connectivity index (χ3n) is 11.7. The number of esters is 3. The molecule has 0 saturated heterocycles. The minimum Gasteiger partial charge on any atom is -0.462 e. The molecule has 12 heteroatoms. The molecule has 0 aliphatic carbocycles. The minimum atomic E-state index is -4.75. The van der Waals surface area contributed by atoms with Crippen LogP contribution in [-0.2, 0) is 42.2 Å². The van der Waals surface area contributed by atoms with Gasteiger partial charge in [0.1, 0.15) is 12.7 Å². The molecule has 0 fully saturated rings. The maximum absolute atomic E-state index is 12.9. The van der Waals surface area contributed by atoms with Crippen molar-refractivity contribution in [1.29, 1.82) is 0 Å². The molecular formula is C56H101O11P. The van der Waals surface area contributed by atoms with Gasteiger partial charge in [0.2, 0.25) is 0 Å². The van der Waals surface area contributed by atoms with E-state index >= 15 is 0 Å². The Morgan fingerprint density at radius 2 is 0.750 bits per heavy atom. The van der Waals surface area contributed by atoms with Crippen LogP contribution < -0.4 is 0 Å². The Morgan fingerprint density at radius 1 is 0.412 bits per heavy atom. The highest BCUT2D eigenvalue weighted by atomic mass is 31.2. The molecule has 3 unspecified atom stereocenters. The number of carbonyl (C=O) groups excluding carboxylic acids is 3. The molecule has 0 spiro atoms. The molecule has 0 saturated carbocycles. The molecule has 0 aromatic carbocycles. The molecule has 0 aromatic heterocycles.